The molecule has 0 saturated heterocycles. The van der Waals surface area contributed by atoms with Crippen molar-refractivity contribution in [1.29, 1.82) is 0 Å². The molecule has 4 heteroatoms. The van der Waals surface area contributed by atoms with Crippen LogP contribution in [0.25, 0.3) is 0 Å². The number of aliphatic hydroxyl groups excluding tert-OH is 1. The molecule has 1 saturated carbocycles. The van der Waals surface area contributed by atoms with Crippen LogP contribution in [-0.4, -0.2) is 18.2 Å². The molecule has 0 amide bonds. The van der Waals surface area contributed by atoms with Gasteiger partial charge in [0.2, 0.25) is 5.76 Å². The zero-order valence-corrected chi connectivity index (χ0v) is 11.4. The largest absolute Gasteiger partial charge is 0.463 e. The third kappa shape index (κ3) is 3.60. The molecule has 2 rings (SSSR count). The predicted octanol–water partition coefficient (Wildman–Crippen LogP) is 3.46. The zero-order valence-electron chi connectivity index (χ0n) is 11.4. The van der Waals surface area contributed by atoms with Crippen LogP contribution in [0.4, 0.5) is 0 Å². The maximum Gasteiger partial charge on any atom is 0.373 e. The van der Waals surface area contributed by atoms with Gasteiger partial charge in [-0.25, -0.2) is 4.79 Å². The van der Waals surface area contributed by atoms with Gasteiger partial charge < -0.3 is 14.3 Å². The minimum absolute atomic E-state index is 0.155. The Morgan fingerprint density at radius 1 is 1.26 bits per heavy atom. The lowest BCUT2D eigenvalue weighted by Gasteiger charge is -2.23. The van der Waals surface area contributed by atoms with E-state index in [-0.39, 0.29) is 11.7 Å². The van der Waals surface area contributed by atoms with E-state index in [0.717, 1.165) is 25.7 Å². The van der Waals surface area contributed by atoms with Gasteiger partial charge in [-0.2, -0.15) is 0 Å². The lowest BCUT2D eigenvalue weighted by Crippen LogP contribution is -2.13. The first-order valence-corrected chi connectivity index (χ1v) is 7.08. The number of hydrogen-bond donors (Lipinski definition) is 1. The van der Waals surface area contributed by atoms with Gasteiger partial charge in [-0.3, -0.25) is 0 Å². The number of rotatable bonds is 3. The van der Waals surface area contributed by atoms with E-state index < -0.39 is 12.1 Å². The van der Waals surface area contributed by atoms with Gasteiger partial charge in [-0.1, -0.05) is 32.1 Å². The number of hydrogen-bond acceptors (Lipinski definition) is 4. The van der Waals surface area contributed by atoms with E-state index in [2.05, 4.69) is 4.74 Å². The Bertz CT molecular complexity index is 402. The lowest BCUT2D eigenvalue weighted by molar-refractivity contribution is 0.0519. The molecule has 1 heterocycles. The van der Waals surface area contributed by atoms with Crippen molar-refractivity contribution in [2.75, 3.05) is 7.11 Å². The highest BCUT2D eigenvalue weighted by atomic mass is 16.5. The Hall–Kier alpha value is -1.29. The summed E-state index contributed by atoms with van der Waals surface area (Å²) in [4.78, 5) is 11.3. The van der Waals surface area contributed by atoms with E-state index in [9.17, 15) is 9.90 Å². The van der Waals surface area contributed by atoms with Crippen molar-refractivity contribution in [2.24, 2.45) is 5.92 Å². The van der Waals surface area contributed by atoms with Crippen LogP contribution in [0, 0.1) is 5.92 Å². The predicted molar refractivity (Wildman–Crippen MR) is 70.8 cm³/mol. The molecule has 19 heavy (non-hydrogen) atoms. The fraction of sp³-hybridized carbons (Fsp3) is 0.667. The molecular formula is C15H22O4. The van der Waals surface area contributed by atoms with E-state index in [1.165, 1.54) is 26.4 Å². The molecule has 1 aromatic heterocycles. The van der Waals surface area contributed by atoms with Crippen molar-refractivity contribution in [1.82, 2.24) is 0 Å². The number of carbonyl (C=O) groups excluding carboxylic acids is 1. The summed E-state index contributed by atoms with van der Waals surface area (Å²) in [6.45, 7) is 0. The van der Waals surface area contributed by atoms with Crippen LogP contribution >= 0.6 is 0 Å². The Balaban J connectivity index is 2.02. The molecule has 1 N–H and O–H groups in total. The van der Waals surface area contributed by atoms with Crippen molar-refractivity contribution in [3.05, 3.63) is 23.7 Å². The maximum absolute atomic E-state index is 11.3. The second-order valence-electron chi connectivity index (χ2n) is 5.24. The van der Waals surface area contributed by atoms with Crippen LogP contribution in [0.2, 0.25) is 0 Å². The van der Waals surface area contributed by atoms with Gasteiger partial charge in [0.15, 0.2) is 0 Å². The summed E-state index contributed by atoms with van der Waals surface area (Å²) in [7, 11) is 1.32. The number of methoxy groups -OCH3 is 1. The number of furan rings is 1. The van der Waals surface area contributed by atoms with Gasteiger partial charge >= 0.3 is 5.97 Å². The molecule has 106 valence electrons. The maximum atomic E-state index is 11.3. The first-order valence-electron chi connectivity index (χ1n) is 7.08. The van der Waals surface area contributed by atoms with Crippen molar-refractivity contribution >= 4 is 5.97 Å². The molecule has 0 spiro atoms. The topological polar surface area (TPSA) is 59.7 Å². The van der Waals surface area contributed by atoms with Crippen molar-refractivity contribution in [2.45, 2.75) is 51.0 Å². The summed E-state index contributed by atoms with van der Waals surface area (Å²) in [6.07, 6.45) is 7.54. The van der Waals surface area contributed by atoms with E-state index >= 15 is 0 Å². The minimum Gasteiger partial charge on any atom is -0.463 e. The molecular weight excluding hydrogens is 244 g/mol. The van der Waals surface area contributed by atoms with E-state index in [1.54, 1.807) is 12.1 Å². The first kappa shape index (κ1) is 14.1. The molecule has 1 atom stereocenters. The van der Waals surface area contributed by atoms with Gasteiger partial charge in [-0.05, 0) is 30.9 Å². The SMILES string of the molecule is COC(=O)c1ccc(C(O)C2CCCCCCC2)o1. The standard InChI is InChI=1S/C15H22O4/c1-18-15(17)13-10-9-12(19-13)14(16)11-7-5-3-2-4-6-8-11/h9-11,14,16H,2-8H2,1H3. The highest BCUT2D eigenvalue weighted by Crippen LogP contribution is 2.33. The Morgan fingerprint density at radius 2 is 1.89 bits per heavy atom. The number of ether oxygens (including phenoxy) is 1. The normalized spacial score (nSPS) is 19.5. The average Bonchev–Trinajstić information content (AvgIpc) is 2.86. The van der Waals surface area contributed by atoms with Gasteiger partial charge in [0.05, 0.1) is 7.11 Å². The molecule has 0 aromatic carbocycles. The van der Waals surface area contributed by atoms with E-state index in [0.29, 0.717) is 5.76 Å². The molecule has 4 nitrogen and oxygen atoms in total. The van der Waals surface area contributed by atoms with Gasteiger partial charge in [-0.15, -0.1) is 0 Å². The third-order valence-electron chi connectivity index (χ3n) is 3.90. The molecule has 0 radical (unpaired) electrons. The van der Waals surface area contributed by atoms with Crippen LogP contribution < -0.4 is 0 Å². The van der Waals surface area contributed by atoms with E-state index in [4.69, 9.17) is 4.42 Å². The zero-order chi connectivity index (χ0) is 13.7. The molecule has 1 aliphatic rings. The number of aliphatic hydroxyl groups is 1. The highest BCUT2D eigenvalue weighted by Gasteiger charge is 2.25. The van der Waals surface area contributed by atoms with Gasteiger partial charge in [0.25, 0.3) is 0 Å². The van der Waals surface area contributed by atoms with Crippen LogP contribution in [0.15, 0.2) is 16.5 Å². The monoisotopic (exact) mass is 266 g/mol. The summed E-state index contributed by atoms with van der Waals surface area (Å²) < 4.78 is 10.00. The number of carbonyl (C=O) groups is 1. The summed E-state index contributed by atoms with van der Waals surface area (Å²) >= 11 is 0. The first-order chi connectivity index (χ1) is 9.22. The van der Waals surface area contributed by atoms with Crippen molar-refractivity contribution < 1.29 is 19.1 Å². The molecule has 1 aromatic rings. The Kier molecular flexibility index (Phi) is 5.02. The summed E-state index contributed by atoms with van der Waals surface area (Å²) in [6, 6.07) is 3.24. The fourth-order valence-corrected chi connectivity index (χ4v) is 2.76. The van der Waals surface area contributed by atoms with Crippen molar-refractivity contribution in [3.8, 4) is 0 Å². The Morgan fingerprint density at radius 3 is 2.53 bits per heavy atom. The van der Waals surface area contributed by atoms with Gasteiger partial charge in [0, 0.05) is 0 Å². The van der Waals surface area contributed by atoms with Crippen LogP contribution in [-0.2, 0) is 4.74 Å². The molecule has 0 aliphatic heterocycles. The smallest absolute Gasteiger partial charge is 0.373 e. The highest BCUT2D eigenvalue weighted by molar-refractivity contribution is 5.86. The van der Waals surface area contributed by atoms with E-state index in [1.807, 2.05) is 0 Å². The lowest BCUT2D eigenvalue weighted by atomic mass is 9.86. The third-order valence-corrected chi connectivity index (χ3v) is 3.90. The van der Waals surface area contributed by atoms with Crippen LogP contribution in [0.5, 0.6) is 0 Å². The molecule has 1 fully saturated rings. The van der Waals surface area contributed by atoms with Gasteiger partial charge in [0.1, 0.15) is 11.9 Å². The molecule has 1 aliphatic carbocycles. The minimum atomic E-state index is -0.614. The molecule has 0 bridgehead atoms. The Labute approximate surface area is 113 Å². The number of esters is 1. The van der Waals surface area contributed by atoms with Crippen LogP contribution in [0.3, 0.4) is 0 Å². The van der Waals surface area contributed by atoms with Crippen molar-refractivity contribution in [3.63, 3.8) is 0 Å². The second-order valence-corrected chi connectivity index (χ2v) is 5.24. The molecule has 1 unspecified atom stereocenters. The second kappa shape index (κ2) is 6.75. The summed E-state index contributed by atoms with van der Waals surface area (Å²) in [5.74, 6) is 0.362. The summed E-state index contributed by atoms with van der Waals surface area (Å²) in [5.41, 5.74) is 0. The summed E-state index contributed by atoms with van der Waals surface area (Å²) in [5, 5.41) is 10.4. The average molecular weight is 266 g/mol. The fourth-order valence-electron chi connectivity index (χ4n) is 2.76. The quantitative estimate of drug-likeness (QED) is 0.851. The van der Waals surface area contributed by atoms with Crippen LogP contribution in [0.1, 0.15) is 67.4 Å².